The van der Waals surface area contributed by atoms with Crippen molar-refractivity contribution in [1.29, 1.82) is 0 Å². The van der Waals surface area contributed by atoms with Crippen molar-refractivity contribution in [2.75, 3.05) is 0 Å². The van der Waals surface area contributed by atoms with E-state index in [-0.39, 0.29) is 0 Å². The van der Waals surface area contributed by atoms with Gasteiger partial charge in [0.2, 0.25) is 11.8 Å². The first-order chi connectivity index (χ1) is 10.8. The third-order valence-electron chi connectivity index (χ3n) is 3.52. The number of benzene rings is 2. The molecule has 0 N–H and O–H groups in total. The third-order valence-corrected chi connectivity index (χ3v) is 3.52. The molecular weight excluding hydrogens is 274 g/mol. The van der Waals surface area contributed by atoms with E-state index in [1.165, 1.54) is 0 Å². The molecule has 22 heavy (non-hydrogen) atoms. The maximum atomic E-state index is 5.87. The molecule has 4 heteroatoms. The van der Waals surface area contributed by atoms with Crippen molar-refractivity contribution in [3.05, 3.63) is 66.4 Å². The van der Waals surface area contributed by atoms with E-state index in [1.54, 1.807) is 0 Å². The van der Waals surface area contributed by atoms with Crippen LogP contribution in [0, 0.1) is 6.92 Å². The molecule has 0 unspecified atom stereocenters. The lowest BCUT2D eigenvalue weighted by Crippen LogP contribution is -1.88. The average Bonchev–Trinajstić information content (AvgIpc) is 3.05. The summed E-state index contributed by atoms with van der Waals surface area (Å²) in [6.45, 7) is 1.96. The predicted molar refractivity (Wildman–Crippen MR) is 85.2 cm³/mol. The number of aromatic nitrogens is 3. The molecule has 0 saturated carbocycles. The topological polar surface area (TPSA) is 51.8 Å². The average molecular weight is 287 g/mol. The van der Waals surface area contributed by atoms with Gasteiger partial charge in [-0.15, -0.1) is 10.2 Å². The van der Waals surface area contributed by atoms with Crippen LogP contribution in [0.2, 0.25) is 0 Å². The maximum Gasteiger partial charge on any atom is 0.248 e. The van der Waals surface area contributed by atoms with Crippen LogP contribution in [-0.2, 0) is 0 Å². The van der Waals surface area contributed by atoms with Gasteiger partial charge in [-0.2, -0.15) is 0 Å². The number of fused-ring (bicyclic) bond motifs is 1. The molecular formula is C18H13N3O. The highest BCUT2D eigenvalue weighted by atomic mass is 16.4. The van der Waals surface area contributed by atoms with Crippen molar-refractivity contribution in [3.63, 3.8) is 0 Å². The van der Waals surface area contributed by atoms with Crippen molar-refractivity contribution >= 4 is 10.9 Å². The Morgan fingerprint density at radius 3 is 2.41 bits per heavy atom. The summed E-state index contributed by atoms with van der Waals surface area (Å²) in [6.07, 6.45) is 0. The summed E-state index contributed by atoms with van der Waals surface area (Å²) in [5.41, 5.74) is 3.68. The van der Waals surface area contributed by atoms with Crippen molar-refractivity contribution in [1.82, 2.24) is 15.2 Å². The SMILES string of the molecule is Cc1cc(-c2nnc(-c3ccccc3)o2)c2ccccc2n1. The molecule has 0 atom stereocenters. The molecule has 0 aliphatic heterocycles. The molecule has 4 aromatic rings. The Bertz CT molecular complexity index is 945. The van der Waals surface area contributed by atoms with E-state index in [4.69, 9.17) is 4.42 Å². The van der Waals surface area contributed by atoms with Gasteiger partial charge in [0.25, 0.3) is 0 Å². The fraction of sp³-hybridized carbons (Fsp3) is 0.0556. The Balaban J connectivity index is 1.88. The molecule has 0 bridgehead atoms. The number of aryl methyl sites for hydroxylation is 1. The highest BCUT2D eigenvalue weighted by molar-refractivity contribution is 5.92. The van der Waals surface area contributed by atoms with Gasteiger partial charge in [0.05, 0.1) is 11.1 Å². The van der Waals surface area contributed by atoms with E-state index in [0.29, 0.717) is 11.8 Å². The van der Waals surface area contributed by atoms with Crippen LogP contribution in [0.15, 0.2) is 65.1 Å². The van der Waals surface area contributed by atoms with Crippen LogP contribution in [-0.4, -0.2) is 15.2 Å². The van der Waals surface area contributed by atoms with Crippen LogP contribution in [0.4, 0.5) is 0 Å². The van der Waals surface area contributed by atoms with Crippen molar-refractivity contribution in [3.8, 4) is 22.9 Å². The standard InChI is InChI=1S/C18H13N3O/c1-12-11-15(14-9-5-6-10-16(14)19-12)18-21-20-17(22-18)13-7-3-2-4-8-13/h2-11H,1H3. The Kier molecular flexibility index (Phi) is 2.93. The van der Waals surface area contributed by atoms with Crippen LogP contribution in [0.1, 0.15) is 5.69 Å². The van der Waals surface area contributed by atoms with E-state index < -0.39 is 0 Å². The van der Waals surface area contributed by atoms with Gasteiger partial charge in [-0.3, -0.25) is 4.98 Å². The Morgan fingerprint density at radius 1 is 0.818 bits per heavy atom. The second-order valence-corrected chi connectivity index (χ2v) is 5.11. The molecule has 2 heterocycles. The van der Waals surface area contributed by atoms with Crippen LogP contribution in [0.3, 0.4) is 0 Å². The number of para-hydroxylation sites is 1. The molecule has 0 spiro atoms. The van der Waals surface area contributed by atoms with Gasteiger partial charge in [0.1, 0.15) is 0 Å². The molecule has 106 valence electrons. The highest BCUT2D eigenvalue weighted by Gasteiger charge is 2.14. The lowest BCUT2D eigenvalue weighted by molar-refractivity contribution is 0.585. The molecule has 0 radical (unpaired) electrons. The first-order valence-electron chi connectivity index (χ1n) is 7.07. The fourth-order valence-corrected chi connectivity index (χ4v) is 2.51. The van der Waals surface area contributed by atoms with Crippen molar-refractivity contribution in [2.45, 2.75) is 6.92 Å². The highest BCUT2D eigenvalue weighted by Crippen LogP contribution is 2.29. The van der Waals surface area contributed by atoms with Crippen LogP contribution in [0.5, 0.6) is 0 Å². The lowest BCUT2D eigenvalue weighted by atomic mass is 10.1. The second-order valence-electron chi connectivity index (χ2n) is 5.11. The molecule has 2 aromatic heterocycles. The molecule has 0 fully saturated rings. The summed E-state index contributed by atoms with van der Waals surface area (Å²) < 4.78 is 5.87. The monoisotopic (exact) mass is 287 g/mol. The zero-order valence-electron chi connectivity index (χ0n) is 12.0. The van der Waals surface area contributed by atoms with Crippen LogP contribution < -0.4 is 0 Å². The number of rotatable bonds is 2. The van der Waals surface area contributed by atoms with Gasteiger partial charge < -0.3 is 4.42 Å². The van der Waals surface area contributed by atoms with Gasteiger partial charge in [0.15, 0.2) is 0 Å². The number of nitrogens with zero attached hydrogens (tertiary/aromatic N) is 3. The molecule has 0 saturated heterocycles. The largest absolute Gasteiger partial charge is 0.416 e. The number of hydrogen-bond acceptors (Lipinski definition) is 4. The first kappa shape index (κ1) is 12.7. The van der Waals surface area contributed by atoms with Gasteiger partial charge in [-0.25, -0.2) is 0 Å². The van der Waals surface area contributed by atoms with Gasteiger partial charge >= 0.3 is 0 Å². The summed E-state index contributed by atoms with van der Waals surface area (Å²) >= 11 is 0. The van der Waals surface area contributed by atoms with Crippen molar-refractivity contribution < 1.29 is 4.42 Å². The lowest BCUT2D eigenvalue weighted by Gasteiger charge is -2.03. The molecule has 4 rings (SSSR count). The minimum atomic E-state index is 0.514. The number of pyridine rings is 1. The van der Waals surface area contributed by atoms with E-state index >= 15 is 0 Å². The summed E-state index contributed by atoms with van der Waals surface area (Å²) in [5.74, 6) is 1.04. The zero-order chi connectivity index (χ0) is 14.9. The smallest absolute Gasteiger partial charge is 0.248 e. The fourth-order valence-electron chi connectivity index (χ4n) is 2.51. The van der Waals surface area contributed by atoms with Crippen LogP contribution >= 0.6 is 0 Å². The molecule has 4 nitrogen and oxygen atoms in total. The Hall–Kier alpha value is -3.01. The zero-order valence-corrected chi connectivity index (χ0v) is 12.0. The molecule has 0 aliphatic rings. The molecule has 0 amide bonds. The maximum absolute atomic E-state index is 5.87. The van der Waals surface area contributed by atoms with E-state index in [2.05, 4.69) is 15.2 Å². The predicted octanol–water partition coefficient (Wildman–Crippen LogP) is 4.26. The minimum Gasteiger partial charge on any atom is -0.416 e. The number of hydrogen-bond donors (Lipinski definition) is 0. The van der Waals surface area contributed by atoms with Crippen molar-refractivity contribution in [2.24, 2.45) is 0 Å². The van der Waals surface area contributed by atoms with E-state index in [9.17, 15) is 0 Å². The molecule has 2 aromatic carbocycles. The van der Waals surface area contributed by atoms with Crippen LogP contribution in [0.25, 0.3) is 33.8 Å². The second kappa shape index (κ2) is 5.07. The van der Waals surface area contributed by atoms with Gasteiger partial charge in [-0.1, -0.05) is 36.4 Å². The van der Waals surface area contributed by atoms with Gasteiger partial charge in [0, 0.05) is 16.6 Å². The van der Waals surface area contributed by atoms with E-state index in [0.717, 1.165) is 27.7 Å². The summed E-state index contributed by atoms with van der Waals surface area (Å²) in [6, 6.07) is 19.7. The molecule has 0 aliphatic carbocycles. The summed E-state index contributed by atoms with van der Waals surface area (Å²) in [4.78, 5) is 4.54. The van der Waals surface area contributed by atoms with E-state index in [1.807, 2.05) is 67.6 Å². The normalized spacial score (nSPS) is 11.0. The minimum absolute atomic E-state index is 0.514. The first-order valence-corrected chi connectivity index (χ1v) is 7.07. The quantitative estimate of drug-likeness (QED) is 0.552. The Morgan fingerprint density at radius 2 is 1.55 bits per heavy atom. The Labute approximate surface area is 127 Å². The van der Waals surface area contributed by atoms with Gasteiger partial charge in [-0.05, 0) is 31.2 Å². The third kappa shape index (κ3) is 2.15. The summed E-state index contributed by atoms with van der Waals surface area (Å²) in [5, 5.41) is 9.38. The summed E-state index contributed by atoms with van der Waals surface area (Å²) in [7, 11) is 0.